The Morgan fingerprint density at radius 3 is 2.47 bits per heavy atom. The Morgan fingerprint density at radius 2 is 1.79 bits per heavy atom. The van der Waals surface area contributed by atoms with Gasteiger partial charge >= 0.3 is 0 Å². The van der Waals surface area contributed by atoms with E-state index in [-0.39, 0.29) is 12.5 Å². The number of hydrogen-bond donors (Lipinski definition) is 2. The first kappa shape index (κ1) is 25.5. The van der Waals surface area contributed by atoms with Crippen LogP contribution in [0, 0.1) is 5.92 Å². The summed E-state index contributed by atoms with van der Waals surface area (Å²) in [5.41, 5.74) is 3.40. The summed E-state index contributed by atoms with van der Waals surface area (Å²) < 4.78 is 12.2. The zero-order valence-electron chi connectivity index (χ0n) is 18.8. The average molecular weight is 547 g/mol. The molecule has 0 bridgehead atoms. The second kappa shape index (κ2) is 12.4. The molecule has 3 rings (SSSR count). The standard InChI is InChI=1S/C25H25BrClN3O4/c1-16(2)13-22(29-24(31)15-33-20-9-7-19(27)8-10-20)25(32)30-28-14-21-11-12-23(34-21)17-3-5-18(26)6-4-17/h3-12,14,16,22H,13,15H2,1-2H3,(H,29,31)(H,30,32)/b28-14-/t22-/m1/s1. The number of carbonyl (C=O) groups is 2. The summed E-state index contributed by atoms with van der Waals surface area (Å²) >= 11 is 9.25. The second-order valence-electron chi connectivity index (χ2n) is 7.94. The Hall–Kier alpha value is -3.10. The van der Waals surface area contributed by atoms with Gasteiger partial charge < -0.3 is 14.5 Å². The molecule has 1 heterocycles. The van der Waals surface area contributed by atoms with Gasteiger partial charge in [-0.2, -0.15) is 5.10 Å². The zero-order valence-corrected chi connectivity index (χ0v) is 21.1. The van der Waals surface area contributed by atoms with Crippen LogP contribution >= 0.6 is 27.5 Å². The molecule has 0 saturated heterocycles. The molecule has 1 aromatic heterocycles. The maximum Gasteiger partial charge on any atom is 0.262 e. The maximum absolute atomic E-state index is 12.6. The number of hydrazone groups is 1. The van der Waals surface area contributed by atoms with Gasteiger partial charge in [-0.15, -0.1) is 0 Å². The number of nitrogens with one attached hydrogen (secondary N) is 2. The van der Waals surface area contributed by atoms with Crippen molar-refractivity contribution in [1.82, 2.24) is 10.7 Å². The SMILES string of the molecule is CC(C)C[C@@H](NC(=O)COc1ccc(Cl)cc1)C(=O)N/N=C\c1ccc(-c2ccc(Br)cc2)o1. The fourth-order valence-electron chi connectivity index (χ4n) is 3.05. The van der Waals surface area contributed by atoms with Crippen LogP contribution < -0.4 is 15.5 Å². The van der Waals surface area contributed by atoms with Crippen molar-refractivity contribution in [2.24, 2.45) is 11.0 Å². The van der Waals surface area contributed by atoms with Crippen molar-refractivity contribution in [3.8, 4) is 17.1 Å². The predicted molar refractivity (Wildman–Crippen MR) is 136 cm³/mol. The summed E-state index contributed by atoms with van der Waals surface area (Å²) in [5.74, 6) is 1.02. The van der Waals surface area contributed by atoms with E-state index < -0.39 is 17.9 Å². The van der Waals surface area contributed by atoms with Gasteiger partial charge in [0.05, 0.1) is 6.21 Å². The molecule has 0 aliphatic heterocycles. The fourth-order valence-corrected chi connectivity index (χ4v) is 3.44. The van der Waals surface area contributed by atoms with Crippen LogP contribution in [0.5, 0.6) is 5.75 Å². The van der Waals surface area contributed by atoms with Crippen LogP contribution in [0.4, 0.5) is 0 Å². The number of carbonyl (C=O) groups excluding carboxylic acids is 2. The molecule has 0 aliphatic carbocycles. The second-order valence-corrected chi connectivity index (χ2v) is 9.29. The van der Waals surface area contributed by atoms with E-state index in [9.17, 15) is 9.59 Å². The van der Waals surface area contributed by atoms with Gasteiger partial charge in [-0.1, -0.05) is 53.5 Å². The summed E-state index contributed by atoms with van der Waals surface area (Å²) in [5, 5.41) is 7.26. The van der Waals surface area contributed by atoms with Crippen LogP contribution in [-0.4, -0.2) is 30.7 Å². The number of amides is 2. The highest BCUT2D eigenvalue weighted by atomic mass is 79.9. The van der Waals surface area contributed by atoms with Crippen molar-refractivity contribution in [1.29, 1.82) is 0 Å². The summed E-state index contributed by atoms with van der Waals surface area (Å²) in [6.07, 6.45) is 1.86. The molecular formula is C25H25BrClN3O4. The third-order valence-electron chi connectivity index (χ3n) is 4.66. The summed E-state index contributed by atoms with van der Waals surface area (Å²) in [6, 6.07) is 17.2. The molecule has 2 N–H and O–H groups in total. The number of benzene rings is 2. The number of ether oxygens (including phenoxy) is 1. The highest BCUT2D eigenvalue weighted by Crippen LogP contribution is 2.23. The van der Waals surface area contributed by atoms with Crippen LogP contribution in [0.3, 0.4) is 0 Å². The molecule has 0 fully saturated rings. The van der Waals surface area contributed by atoms with Gasteiger partial charge in [-0.05, 0) is 60.9 Å². The van der Waals surface area contributed by atoms with Crippen LogP contribution in [0.25, 0.3) is 11.3 Å². The summed E-state index contributed by atoms with van der Waals surface area (Å²) in [6.45, 7) is 3.71. The summed E-state index contributed by atoms with van der Waals surface area (Å²) in [4.78, 5) is 25.0. The largest absolute Gasteiger partial charge is 0.484 e. The molecule has 0 aliphatic rings. The summed E-state index contributed by atoms with van der Waals surface area (Å²) in [7, 11) is 0. The Labute approximate surface area is 211 Å². The molecular weight excluding hydrogens is 522 g/mol. The van der Waals surface area contributed by atoms with Crippen LogP contribution in [-0.2, 0) is 9.59 Å². The lowest BCUT2D eigenvalue weighted by Crippen LogP contribution is -2.47. The van der Waals surface area contributed by atoms with Crippen molar-refractivity contribution in [2.75, 3.05) is 6.61 Å². The third-order valence-corrected chi connectivity index (χ3v) is 5.45. The van der Waals surface area contributed by atoms with E-state index in [1.54, 1.807) is 30.3 Å². The van der Waals surface area contributed by atoms with Gasteiger partial charge in [0.2, 0.25) is 0 Å². The lowest BCUT2D eigenvalue weighted by Gasteiger charge is -2.19. The van der Waals surface area contributed by atoms with E-state index in [0.29, 0.717) is 28.7 Å². The normalized spacial score (nSPS) is 12.0. The quantitative estimate of drug-likeness (QED) is 0.262. The van der Waals surface area contributed by atoms with E-state index in [2.05, 4.69) is 31.8 Å². The van der Waals surface area contributed by atoms with Crippen molar-refractivity contribution in [3.63, 3.8) is 0 Å². The van der Waals surface area contributed by atoms with Crippen LogP contribution in [0.1, 0.15) is 26.0 Å². The van der Waals surface area contributed by atoms with Gasteiger partial charge in [-0.3, -0.25) is 9.59 Å². The number of rotatable bonds is 10. The molecule has 3 aromatic rings. The van der Waals surface area contributed by atoms with Crippen molar-refractivity contribution >= 4 is 45.6 Å². The van der Waals surface area contributed by atoms with E-state index >= 15 is 0 Å². The highest BCUT2D eigenvalue weighted by Gasteiger charge is 2.22. The fraction of sp³-hybridized carbons (Fsp3) is 0.240. The molecule has 0 unspecified atom stereocenters. The highest BCUT2D eigenvalue weighted by molar-refractivity contribution is 9.10. The number of nitrogens with zero attached hydrogens (tertiary/aromatic N) is 1. The molecule has 2 aromatic carbocycles. The number of halogens is 2. The Kier molecular flexibility index (Phi) is 9.30. The molecule has 0 spiro atoms. The minimum absolute atomic E-state index is 0.177. The molecule has 178 valence electrons. The Bertz CT molecular complexity index is 1130. The van der Waals surface area contributed by atoms with Crippen LogP contribution in [0.2, 0.25) is 5.02 Å². The lowest BCUT2D eigenvalue weighted by atomic mass is 10.0. The Morgan fingerprint density at radius 1 is 1.09 bits per heavy atom. The van der Waals surface area contributed by atoms with Gasteiger partial charge in [0.1, 0.15) is 23.3 Å². The van der Waals surface area contributed by atoms with Gasteiger partial charge in [0.25, 0.3) is 11.8 Å². The predicted octanol–water partition coefficient (Wildman–Crippen LogP) is 5.42. The average Bonchev–Trinajstić information content (AvgIpc) is 3.27. The maximum atomic E-state index is 12.6. The lowest BCUT2D eigenvalue weighted by molar-refractivity contribution is -0.130. The van der Waals surface area contributed by atoms with E-state index in [1.165, 1.54) is 6.21 Å². The van der Waals surface area contributed by atoms with E-state index in [1.807, 2.05) is 44.2 Å². The number of hydrogen-bond acceptors (Lipinski definition) is 5. The smallest absolute Gasteiger partial charge is 0.262 e. The first-order chi connectivity index (χ1) is 16.3. The molecule has 1 atom stereocenters. The van der Waals surface area contributed by atoms with E-state index in [0.717, 1.165) is 10.0 Å². The van der Waals surface area contributed by atoms with E-state index in [4.69, 9.17) is 20.8 Å². The topological polar surface area (TPSA) is 92.9 Å². The molecule has 9 heteroatoms. The molecule has 7 nitrogen and oxygen atoms in total. The first-order valence-electron chi connectivity index (χ1n) is 10.7. The van der Waals surface area contributed by atoms with Crippen LogP contribution in [0.15, 0.2) is 74.7 Å². The minimum Gasteiger partial charge on any atom is -0.484 e. The first-order valence-corrected chi connectivity index (χ1v) is 11.8. The van der Waals surface area contributed by atoms with Gasteiger partial charge in [0, 0.05) is 15.1 Å². The van der Waals surface area contributed by atoms with Crippen molar-refractivity contribution < 1.29 is 18.7 Å². The third kappa shape index (κ3) is 8.04. The molecule has 2 amide bonds. The molecule has 0 saturated carbocycles. The van der Waals surface area contributed by atoms with Crippen molar-refractivity contribution in [3.05, 3.63) is 75.9 Å². The minimum atomic E-state index is -0.756. The van der Waals surface area contributed by atoms with Gasteiger partial charge in [-0.25, -0.2) is 5.43 Å². The molecule has 34 heavy (non-hydrogen) atoms. The molecule has 0 radical (unpaired) electrons. The van der Waals surface area contributed by atoms with Gasteiger partial charge in [0.15, 0.2) is 6.61 Å². The zero-order chi connectivity index (χ0) is 24.5. The number of furan rings is 1. The Balaban J connectivity index is 1.54. The monoisotopic (exact) mass is 545 g/mol. The van der Waals surface area contributed by atoms with Crippen molar-refractivity contribution in [2.45, 2.75) is 26.3 Å².